The van der Waals surface area contributed by atoms with Crippen LogP contribution in [0.3, 0.4) is 0 Å². The Hall–Kier alpha value is -2.31. The third-order valence-electron chi connectivity index (χ3n) is 2.54. The number of rotatable bonds is 4. The lowest BCUT2D eigenvalue weighted by Crippen LogP contribution is -1.94. The molecule has 2 rings (SSSR count). The van der Waals surface area contributed by atoms with E-state index in [1.807, 2.05) is 0 Å². The number of aldehydes is 1. The first kappa shape index (κ1) is 18.7. The van der Waals surface area contributed by atoms with Crippen molar-refractivity contribution < 1.29 is 18.7 Å². The predicted octanol–water partition coefficient (Wildman–Crippen LogP) is 3.52. The third kappa shape index (κ3) is 5.77. The number of benzene rings is 1. The van der Waals surface area contributed by atoms with Crippen molar-refractivity contribution in [3.05, 3.63) is 52.3 Å². The molecule has 0 fully saturated rings. The maximum absolute atomic E-state index is 14.0. The van der Waals surface area contributed by atoms with Gasteiger partial charge in [-0.2, -0.15) is 0 Å². The third-order valence-corrected chi connectivity index (χ3v) is 2.74. The lowest BCUT2D eigenvalue weighted by Gasteiger charge is -2.05. The van der Waals surface area contributed by atoms with Crippen molar-refractivity contribution in [2.45, 2.75) is 0 Å². The summed E-state index contributed by atoms with van der Waals surface area (Å²) < 4.78 is 23.1. The zero-order chi connectivity index (χ0) is 17.2. The van der Waals surface area contributed by atoms with E-state index < -0.39 is 5.82 Å². The fourth-order valence-corrected chi connectivity index (χ4v) is 1.67. The fraction of sp³-hybridized carbons (Fsp3) is 0.188. The Morgan fingerprint density at radius 3 is 2.22 bits per heavy atom. The first-order valence-electron chi connectivity index (χ1n) is 6.44. The molecule has 23 heavy (non-hydrogen) atoms. The van der Waals surface area contributed by atoms with E-state index in [1.165, 1.54) is 37.7 Å². The lowest BCUT2D eigenvalue weighted by molar-refractivity contribution is 0.112. The molecule has 0 bridgehead atoms. The predicted molar refractivity (Wildman–Crippen MR) is 87.2 cm³/mol. The summed E-state index contributed by atoms with van der Waals surface area (Å²) in [5, 5.41) is 0.137. The zero-order valence-corrected chi connectivity index (χ0v) is 13.7. The summed E-state index contributed by atoms with van der Waals surface area (Å²) in [5.74, 6) is -0.522. The molecule has 0 aliphatic carbocycles. The van der Waals surface area contributed by atoms with Gasteiger partial charge in [0.15, 0.2) is 11.6 Å². The molecule has 1 aromatic heterocycles. The van der Waals surface area contributed by atoms with Crippen molar-refractivity contribution in [3.8, 4) is 5.75 Å². The van der Waals surface area contributed by atoms with E-state index in [2.05, 4.69) is 14.7 Å². The maximum atomic E-state index is 14.0. The van der Waals surface area contributed by atoms with Crippen LogP contribution in [0.5, 0.6) is 5.75 Å². The number of aromatic nitrogens is 2. The summed E-state index contributed by atoms with van der Waals surface area (Å²) >= 11 is 5.57. The molecular formula is C16H16ClFN2O3. The van der Waals surface area contributed by atoms with Crippen LogP contribution < -0.4 is 4.74 Å². The monoisotopic (exact) mass is 338 g/mol. The van der Waals surface area contributed by atoms with Gasteiger partial charge in [0, 0.05) is 43.3 Å². The second-order valence-electron chi connectivity index (χ2n) is 4.27. The number of hydrogen-bond donors (Lipinski definition) is 0. The number of nitrogens with zero attached hydrogens (tertiary/aromatic N) is 2. The van der Waals surface area contributed by atoms with Crippen LogP contribution in [0.15, 0.2) is 24.5 Å². The number of halogens is 2. The Kier molecular flexibility index (Phi) is 7.87. The Labute approximate surface area is 138 Å². The van der Waals surface area contributed by atoms with Crippen molar-refractivity contribution in [1.82, 2.24) is 9.97 Å². The minimum absolute atomic E-state index is 0.0154. The molecule has 0 aliphatic rings. The van der Waals surface area contributed by atoms with Crippen molar-refractivity contribution in [3.63, 3.8) is 0 Å². The van der Waals surface area contributed by atoms with Crippen LogP contribution in [0.1, 0.15) is 21.5 Å². The minimum Gasteiger partial charge on any atom is -0.494 e. The average molecular weight is 339 g/mol. The second kappa shape index (κ2) is 9.66. The highest BCUT2D eigenvalue weighted by atomic mass is 35.5. The van der Waals surface area contributed by atoms with Crippen molar-refractivity contribution in [2.24, 2.45) is 0 Å². The van der Waals surface area contributed by atoms with E-state index in [4.69, 9.17) is 16.3 Å². The molecule has 1 aromatic carbocycles. The second-order valence-corrected chi connectivity index (χ2v) is 4.61. The summed E-state index contributed by atoms with van der Waals surface area (Å²) in [6.07, 6.45) is 6.76. The normalized spacial score (nSPS) is 10.1. The van der Waals surface area contributed by atoms with Gasteiger partial charge in [0.25, 0.3) is 0 Å². The van der Waals surface area contributed by atoms with Gasteiger partial charge in [-0.05, 0) is 23.7 Å². The van der Waals surface area contributed by atoms with Crippen molar-refractivity contribution in [1.29, 1.82) is 0 Å². The largest absolute Gasteiger partial charge is 0.494 e. The zero-order valence-electron chi connectivity index (χ0n) is 12.9. The van der Waals surface area contributed by atoms with Crippen molar-refractivity contribution in [2.75, 3.05) is 21.3 Å². The molecular weight excluding hydrogens is 323 g/mol. The topological polar surface area (TPSA) is 61.3 Å². The summed E-state index contributed by atoms with van der Waals surface area (Å²) in [6.45, 7) is 0. The summed E-state index contributed by atoms with van der Waals surface area (Å²) in [6, 6.07) is 2.77. The molecule has 2 aromatic rings. The highest BCUT2D eigenvalue weighted by Gasteiger charge is 2.09. The van der Waals surface area contributed by atoms with E-state index in [0.29, 0.717) is 17.4 Å². The van der Waals surface area contributed by atoms with E-state index >= 15 is 0 Å². The SMILES string of the molecule is COC.COc1cc(C=O)cc(/C=C/c2cnc(Cl)nc2)c1F. The number of ether oxygens (including phenoxy) is 2. The van der Waals surface area contributed by atoms with E-state index in [9.17, 15) is 9.18 Å². The van der Waals surface area contributed by atoms with Crippen LogP contribution in [-0.4, -0.2) is 37.6 Å². The van der Waals surface area contributed by atoms with E-state index in [-0.39, 0.29) is 16.6 Å². The molecule has 7 heteroatoms. The Morgan fingerprint density at radius 2 is 1.70 bits per heavy atom. The van der Waals surface area contributed by atoms with Gasteiger partial charge in [-0.25, -0.2) is 14.4 Å². The number of carbonyl (C=O) groups is 1. The molecule has 0 unspecified atom stereocenters. The van der Waals surface area contributed by atoms with Crippen LogP contribution in [0, 0.1) is 5.82 Å². The maximum Gasteiger partial charge on any atom is 0.222 e. The standard InChI is InChI=1S/C14H10ClFN2O2.C2H6O/c1-20-12-5-10(8-19)4-11(13(12)16)3-2-9-6-17-14(15)18-7-9;1-3-2/h2-8H,1H3;1-2H3/b3-2+;. The first-order valence-corrected chi connectivity index (χ1v) is 6.82. The molecule has 5 nitrogen and oxygen atoms in total. The molecule has 0 spiro atoms. The molecule has 1 heterocycles. The molecule has 0 saturated carbocycles. The quantitative estimate of drug-likeness (QED) is 0.630. The Morgan fingerprint density at radius 1 is 1.09 bits per heavy atom. The highest BCUT2D eigenvalue weighted by Crippen LogP contribution is 2.24. The van der Waals surface area contributed by atoms with Crippen LogP contribution >= 0.6 is 11.6 Å². The number of carbonyl (C=O) groups excluding carboxylic acids is 1. The van der Waals surface area contributed by atoms with Crippen molar-refractivity contribution >= 4 is 30.0 Å². The number of methoxy groups -OCH3 is 2. The Bertz CT molecular complexity index is 676. The van der Waals surface area contributed by atoms with E-state index in [1.54, 1.807) is 20.3 Å². The average Bonchev–Trinajstić information content (AvgIpc) is 2.56. The van der Waals surface area contributed by atoms with Crippen LogP contribution in [0.25, 0.3) is 12.2 Å². The summed E-state index contributed by atoms with van der Waals surface area (Å²) in [7, 11) is 4.59. The van der Waals surface area contributed by atoms with Gasteiger partial charge in [-0.3, -0.25) is 4.79 Å². The first-order chi connectivity index (χ1) is 11.0. The molecule has 0 amide bonds. The van der Waals surface area contributed by atoms with Crippen LogP contribution in [0.4, 0.5) is 4.39 Å². The minimum atomic E-state index is -0.538. The Balaban J connectivity index is 0.000000816. The van der Waals surface area contributed by atoms with Crippen LogP contribution in [0.2, 0.25) is 5.28 Å². The summed E-state index contributed by atoms with van der Waals surface area (Å²) in [4.78, 5) is 18.4. The van der Waals surface area contributed by atoms with Gasteiger partial charge >= 0.3 is 0 Å². The van der Waals surface area contributed by atoms with Gasteiger partial charge in [0.1, 0.15) is 6.29 Å². The van der Waals surface area contributed by atoms with Gasteiger partial charge in [-0.15, -0.1) is 0 Å². The number of hydrogen-bond acceptors (Lipinski definition) is 5. The smallest absolute Gasteiger partial charge is 0.222 e. The summed E-state index contributed by atoms with van der Waals surface area (Å²) in [5.41, 5.74) is 1.22. The van der Waals surface area contributed by atoms with Gasteiger partial charge in [0.2, 0.25) is 5.28 Å². The molecule has 0 aliphatic heterocycles. The van der Waals surface area contributed by atoms with Gasteiger partial charge in [-0.1, -0.05) is 12.2 Å². The molecule has 0 N–H and O–H groups in total. The van der Waals surface area contributed by atoms with Gasteiger partial charge < -0.3 is 9.47 Å². The molecule has 0 saturated heterocycles. The molecule has 0 radical (unpaired) electrons. The highest BCUT2D eigenvalue weighted by molar-refractivity contribution is 6.28. The van der Waals surface area contributed by atoms with Gasteiger partial charge in [0.05, 0.1) is 7.11 Å². The molecule has 0 atom stereocenters. The van der Waals surface area contributed by atoms with E-state index in [0.717, 1.165) is 0 Å². The molecule has 122 valence electrons. The fourth-order valence-electron chi connectivity index (χ4n) is 1.57. The lowest BCUT2D eigenvalue weighted by atomic mass is 10.1. The van der Waals surface area contributed by atoms with Crippen LogP contribution in [-0.2, 0) is 4.74 Å².